The average molecular weight is 336 g/mol. The molecule has 1 atom stereocenters. The molecule has 1 aliphatic heterocycles. The first-order valence-corrected chi connectivity index (χ1v) is 9.01. The molecule has 25 heavy (non-hydrogen) atoms. The molecule has 1 unspecified atom stereocenters. The zero-order valence-electron chi connectivity index (χ0n) is 14.6. The van der Waals surface area contributed by atoms with Crippen molar-refractivity contribution in [3.63, 3.8) is 0 Å². The predicted molar refractivity (Wildman–Crippen MR) is 97.8 cm³/mol. The highest BCUT2D eigenvalue weighted by molar-refractivity contribution is 5.97. The first kappa shape index (κ1) is 16.2. The summed E-state index contributed by atoms with van der Waals surface area (Å²) in [5.41, 5.74) is 1.85. The fourth-order valence-electron chi connectivity index (χ4n) is 3.75. The van der Waals surface area contributed by atoms with Crippen LogP contribution in [0.25, 0.3) is 0 Å². The van der Waals surface area contributed by atoms with Crippen molar-refractivity contribution in [3.8, 4) is 5.75 Å². The summed E-state index contributed by atoms with van der Waals surface area (Å²) in [6.07, 6.45) is 2.59. The molecule has 0 aromatic heterocycles. The Hall–Kier alpha value is -2.33. The molecule has 1 aliphatic carbocycles. The minimum Gasteiger partial charge on any atom is -0.496 e. The van der Waals surface area contributed by atoms with Gasteiger partial charge in [-0.3, -0.25) is 9.69 Å². The molecule has 1 saturated carbocycles. The molecule has 0 N–H and O–H groups in total. The molecule has 1 amide bonds. The number of para-hydroxylation sites is 1. The van der Waals surface area contributed by atoms with Crippen molar-refractivity contribution >= 4 is 5.91 Å². The quantitative estimate of drug-likeness (QED) is 0.858. The Morgan fingerprint density at radius 2 is 1.72 bits per heavy atom. The lowest BCUT2D eigenvalue weighted by atomic mass is 10.0. The van der Waals surface area contributed by atoms with Gasteiger partial charge >= 0.3 is 0 Å². The van der Waals surface area contributed by atoms with Crippen LogP contribution in [0, 0.1) is 0 Å². The van der Waals surface area contributed by atoms with E-state index in [0.29, 0.717) is 11.3 Å². The average Bonchev–Trinajstić information content (AvgIpc) is 3.53. The summed E-state index contributed by atoms with van der Waals surface area (Å²) in [5, 5.41) is 0. The predicted octanol–water partition coefficient (Wildman–Crippen LogP) is 3.36. The van der Waals surface area contributed by atoms with Gasteiger partial charge in [-0.05, 0) is 30.5 Å². The molecule has 4 nitrogen and oxygen atoms in total. The van der Waals surface area contributed by atoms with E-state index in [4.69, 9.17) is 4.74 Å². The molecule has 1 saturated heterocycles. The van der Waals surface area contributed by atoms with E-state index >= 15 is 0 Å². The standard InChI is InChI=1S/C21H24N2O2/c1-25-20-10-6-5-9-18(20)21(24)23-14-13-22(17-11-12-17)15-19(23)16-7-3-2-4-8-16/h2-10,17,19H,11-15H2,1H3. The van der Waals surface area contributed by atoms with Gasteiger partial charge in [-0.2, -0.15) is 0 Å². The van der Waals surface area contributed by atoms with Crippen LogP contribution in [0.2, 0.25) is 0 Å². The van der Waals surface area contributed by atoms with Crippen LogP contribution in [-0.4, -0.2) is 48.5 Å². The third-order valence-electron chi connectivity index (χ3n) is 5.26. The molecular formula is C21H24N2O2. The molecule has 130 valence electrons. The monoisotopic (exact) mass is 336 g/mol. The fraction of sp³-hybridized carbons (Fsp3) is 0.381. The summed E-state index contributed by atoms with van der Waals surface area (Å²) in [6, 6.07) is 18.7. The van der Waals surface area contributed by atoms with Crippen molar-refractivity contribution in [2.45, 2.75) is 24.9 Å². The number of hydrogen-bond donors (Lipinski definition) is 0. The first-order valence-electron chi connectivity index (χ1n) is 9.01. The second kappa shape index (κ2) is 6.89. The normalized spacial score (nSPS) is 21.2. The maximum Gasteiger partial charge on any atom is 0.258 e. The Morgan fingerprint density at radius 1 is 1.00 bits per heavy atom. The van der Waals surface area contributed by atoms with Crippen molar-refractivity contribution in [2.24, 2.45) is 0 Å². The van der Waals surface area contributed by atoms with Gasteiger partial charge in [0, 0.05) is 25.7 Å². The number of hydrogen-bond acceptors (Lipinski definition) is 3. The minimum absolute atomic E-state index is 0.0572. The van der Waals surface area contributed by atoms with Gasteiger partial charge in [0.15, 0.2) is 0 Å². The smallest absolute Gasteiger partial charge is 0.258 e. The second-order valence-electron chi connectivity index (χ2n) is 6.85. The SMILES string of the molecule is COc1ccccc1C(=O)N1CCN(C2CC2)CC1c1ccccc1. The van der Waals surface area contributed by atoms with Crippen LogP contribution in [0.5, 0.6) is 5.75 Å². The lowest BCUT2D eigenvalue weighted by Gasteiger charge is -2.42. The Morgan fingerprint density at radius 3 is 2.44 bits per heavy atom. The van der Waals surface area contributed by atoms with Crippen molar-refractivity contribution in [1.29, 1.82) is 0 Å². The summed E-state index contributed by atoms with van der Waals surface area (Å²) in [6.45, 7) is 2.62. The third-order valence-corrected chi connectivity index (χ3v) is 5.26. The molecular weight excluding hydrogens is 312 g/mol. The largest absolute Gasteiger partial charge is 0.496 e. The Bertz CT molecular complexity index is 743. The highest BCUT2D eigenvalue weighted by atomic mass is 16.5. The number of benzene rings is 2. The maximum atomic E-state index is 13.3. The molecule has 2 aromatic carbocycles. The summed E-state index contributed by atoms with van der Waals surface area (Å²) in [4.78, 5) is 17.8. The van der Waals surface area contributed by atoms with Crippen molar-refractivity contribution in [1.82, 2.24) is 9.80 Å². The third kappa shape index (κ3) is 3.27. The summed E-state index contributed by atoms with van der Waals surface area (Å²) in [7, 11) is 1.62. The number of piperazine rings is 1. The number of methoxy groups -OCH3 is 1. The van der Waals surface area contributed by atoms with Crippen LogP contribution >= 0.6 is 0 Å². The summed E-state index contributed by atoms with van der Waals surface area (Å²) < 4.78 is 5.41. The van der Waals surface area contributed by atoms with E-state index < -0.39 is 0 Å². The molecule has 0 spiro atoms. The van der Waals surface area contributed by atoms with Gasteiger partial charge in [-0.25, -0.2) is 0 Å². The van der Waals surface area contributed by atoms with E-state index in [0.717, 1.165) is 25.7 Å². The van der Waals surface area contributed by atoms with Crippen LogP contribution in [-0.2, 0) is 0 Å². The molecule has 4 rings (SSSR count). The highest BCUT2D eigenvalue weighted by Crippen LogP contribution is 2.34. The Labute approximate surface area is 149 Å². The zero-order valence-corrected chi connectivity index (χ0v) is 14.6. The van der Waals surface area contributed by atoms with Gasteiger partial charge in [0.25, 0.3) is 5.91 Å². The molecule has 2 aliphatic rings. The zero-order chi connectivity index (χ0) is 17.2. The van der Waals surface area contributed by atoms with Gasteiger partial charge in [-0.1, -0.05) is 42.5 Å². The molecule has 0 bridgehead atoms. The van der Waals surface area contributed by atoms with Crippen LogP contribution < -0.4 is 4.74 Å². The van der Waals surface area contributed by atoms with Gasteiger partial charge in [0.1, 0.15) is 5.75 Å². The van der Waals surface area contributed by atoms with E-state index in [9.17, 15) is 4.79 Å². The van der Waals surface area contributed by atoms with Crippen molar-refractivity contribution in [3.05, 3.63) is 65.7 Å². The highest BCUT2D eigenvalue weighted by Gasteiger charge is 2.38. The Kier molecular flexibility index (Phi) is 4.45. The number of rotatable bonds is 4. The lowest BCUT2D eigenvalue weighted by Crippen LogP contribution is -2.51. The van der Waals surface area contributed by atoms with Crippen LogP contribution in [0.1, 0.15) is 34.8 Å². The van der Waals surface area contributed by atoms with E-state index in [1.54, 1.807) is 7.11 Å². The topological polar surface area (TPSA) is 32.8 Å². The molecule has 4 heteroatoms. The molecule has 2 aromatic rings. The second-order valence-corrected chi connectivity index (χ2v) is 6.85. The van der Waals surface area contributed by atoms with Gasteiger partial charge in [0.05, 0.1) is 18.7 Å². The first-order chi connectivity index (χ1) is 12.3. The summed E-state index contributed by atoms with van der Waals surface area (Å²) >= 11 is 0. The maximum absolute atomic E-state index is 13.3. The fourth-order valence-corrected chi connectivity index (χ4v) is 3.75. The number of amides is 1. The number of nitrogens with zero attached hydrogens (tertiary/aromatic N) is 2. The van der Waals surface area contributed by atoms with Crippen molar-refractivity contribution < 1.29 is 9.53 Å². The molecule has 1 heterocycles. The summed E-state index contributed by atoms with van der Waals surface area (Å²) in [5.74, 6) is 0.700. The molecule has 2 fully saturated rings. The number of ether oxygens (including phenoxy) is 1. The van der Waals surface area contributed by atoms with Crippen LogP contribution in [0.3, 0.4) is 0 Å². The van der Waals surface area contributed by atoms with Crippen LogP contribution in [0.15, 0.2) is 54.6 Å². The van der Waals surface area contributed by atoms with Gasteiger partial charge in [0.2, 0.25) is 0 Å². The van der Waals surface area contributed by atoms with Crippen LogP contribution in [0.4, 0.5) is 0 Å². The number of carbonyl (C=O) groups is 1. The number of carbonyl (C=O) groups excluding carboxylic acids is 1. The minimum atomic E-state index is 0.0572. The van der Waals surface area contributed by atoms with E-state index in [1.165, 1.54) is 18.4 Å². The van der Waals surface area contributed by atoms with Crippen molar-refractivity contribution in [2.75, 3.05) is 26.7 Å². The molecule has 0 radical (unpaired) electrons. The van der Waals surface area contributed by atoms with E-state index in [2.05, 4.69) is 29.2 Å². The van der Waals surface area contributed by atoms with E-state index in [1.807, 2.05) is 35.2 Å². The van der Waals surface area contributed by atoms with Gasteiger partial charge in [-0.15, -0.1) is 0 Å². The van der Waals surface area contributed by atoms with Gasteiger partial charge < -0.3 is 9.64 Å². The van der Waals surface area contributed by atoms with E-state index in [-0.39, 0.29) is 11.9 Å². The lowest BCUT2D eigenvalue weighted by molar-refractivity contribution is 0.0430. The Balaban J connectivity index is 1.65.